The molecule has 0 amide bonds. The fourth-order valence-corrected chi connectivity index (χ4v) is 2.53. The fraction of sp³-hybridized carbons (Fsp3) is 0.200. The highest BCUT2D eigenvalue weighted by Crippen LogP contribution is 2.25. The van der Waals surface area contributed by atoms with Crippen molar-refractivity contribution in [2.24, 2.45) is 0 Å². The first-order valence-corrected chi connectivity index (χ1v) is 6.77. The van der Waals surface area contributed by atoms with Gasteiger partial charge in [-0.25, -0.2) is 4.39 Å². The van der Waals surface area contributed by atoms with E-state index in [2.05, 4.69) is 0 Å². The molecule has 1 nitrogen and oxygen atoms in total. The number of aryl methyl sites for hydroxylation is 1. The summed E-state index contributed by atoms with van der Waals surface area (Å²) in [7, 11) is 0. The summed E-state index contributed by atoms with van der Waals surface area (Å²) in [6, 6.07) is 14.2. The third-order valence-electron chi connectivity index (χ3n) is 2.67. The summed E-state index contributed by atoms with van der Waals surface area (Å²) in [5.74, 6) is 0.275. The molecule has 0 aliphatic rings. The maximum absolute atomic E-state index is 13.0. The second-order valence-corrected chi connectivity index (χ2v) is 5.29. The van der Waals surface area contributed by atoms with Gasteiger partial charge in [-0.05, 0) is 30.7 Å². The molecule has 0 aliphatic heterocycles. The van der Waals surface area contributed by atoms with E-state index in [9.17, 15) is 9.50 Å². The van der Waals surface area contributed by atoms with Gasteiger partial charge < -0.3 is 5.11 Å². The van der Waals surface area contributed by atoms with Crippen molar-refractivity contribution in [2.75, 3.05) is 5.75 Å². The summed E-state index contributed by atoms with van der Waals surface area (Å²) < 4.78 is 13.0. The Morgan fingerprint density at radius 2 is 1.89 bits per heavy atom. The lowest BCUT2D eigenvalue weighted by Gasteiger charge is -2.11. The first kappa shape index (κ1) is 13.1. The molecule has 0 saturated carbocycles. The molecular weight excluding hydrogens is 247 g/mol. The Bertz CT molecular complexity index is 510. The van der Waals surface area contributed by atoms with Crippen LogP contribution in [0.2, 0.25) is 0 Å². The van der Waals surface area contributed by atoms with Crippen LogP contribution in [-0.2, 0) is 0 Å². The Hall–Kier alpha value is -1.32. The summed E-state index contributed by atoms with van der Waals surface area (Å²) >= 11 is 1.45. The van der Waals surface area contributed by atoms with Crippen LogP contribution < -0.4 is 0 Å². The van der Waals surface area contributed by atoms with E-state index in [1.165, 1.54) is 29.5 Å². The van der Waals surface area contributed by atoms with Gasteiger partial charge in [-0.2, -0.15) is 0 Å². The van der Waals surface area contributed by atoms with Crippen molar-refractivity contribution in [1.29, 1.82) is 0 Å². The van der Waals surface area contributed by atoms with Crippen LogP contribution in [-0.4, -0.2) is 10.9 Å². The maximum Gasteiger partial charge on any atom is 0.124 e. The van der Waals surface area contributed by atoms with Gasteiger partial charge in [0.25, 0.3) is 0 Å². The van der Waals surface area contributed by atoms with Gasteiger partial charge in [0.1, 0.15) is 5.82 Å². The molecule has 2 aromatic carbocycles. The normalized spacial score (nSPS) is 12.4. The number of rotatable bonds is 4. The van der Waals surface area contributed by atoms with Crippen molar-refractivity contribution in [3.63, 3.8) is 0 Å². The van der Waals surface area contributed by atoms with Gasteiger partial charge >= 0.3 is 0 Å². The number of benzene rings is 2. The Balaban J connectivity index is 1.96. The van der Waals surface area contributed by atoms with Gasteiger partial charge in [0.2, 0.25) is 0 Å². The Kier molecular flexibility index (Phi) is 4.39. The fourth-order valence-electron chi connectivity index (χ4n) is 1.62. The minimum absolute atomic E-state index is 0.246. The average Bonchev–Trinajstić information content (AvgIpc) is 2.37. The Labute approximate surface area is 111 Å². The van der Waals surface area contributed by atoms with E-state index >= 15 is 0 Å². The molecule has 0 heterocycles. The topological polar surface area (TPSA) is 20.2 Å². The minimum atomic E-state index is -0.529. The van der Waals surface area contributed by atoms with E-state index in [1.807, 2.05) is 37.3 Å². The first-order valence-electron chi connectivity index (χ1n) is 5.78. The monoisotopic (exact) mass is 262 g/mol. The van der Waals surface area contributed by atoms with E-state index in [4.69, 9.17) is 0 Å². The predicted octanol–water partition coefficient (Wildman–Crippen LogP) is 3.96. The molecule has 18 heavy (non-hydrogen) atoms. The first-order chi connectivity index (χ1) is 8.65. The summed E-state index contributed by atoms with van der Waals surface area (Å²) in [6.45, 7) is 2.01. The molecule has 0 radical (unpaired) electrons. The molecule has 94 valence electrons. The van der Waals surface area contributed by atoms with Crippen LogP contribution in [0.5, 0.6) is 0 Å². The van der Waals surface area contributed by atoms with Crippen LogP contribution >= 0.6 is 11.8 Å². The molecule has 2 aromatic rings. The number of aliphatic hydroxyl groups excluding tert-OH is 1. The molecule has 1 unspecified atom stereocenters. The quantitative estimate of drug-likeness (QED) is 0.842. The van der Waals surface area contributed by atoms with Gasteiger partial charge in [0.05, 0.1) is 6.10 Å². The smallest absolute Gasteiger partial charge is 0.124 e. The lowest BCUT2D eigenvalue weighted by atomic mass is 10.1. The lowest BCUT2D eigenvalue weighted by Crippen LogP contribution is -2.00. The SMILES string of the molecule is Cc1ccc(C(O)CSc2cccc(F)c2)cc1. The van der Waals surface area contributed by atoms with Crippen molar-refractivity contribution in [3.8, 4) is 0 Å². The summed E-state index contributed by atoms with van der Waals surface area (Å²) in [5.41, 5.74) is 2.06. The van der Waals surface area contributed by atoms with Crippen LogP contribution in [0.1, 0.15) is 17.2 Å². The van der Waals surface area contributed by atoms with Gasteiger partial charge in [0, 0.05) is 10.6 Å². The van der Waals surface area contributed by atoms with Crippen LogP contribution in [0.4, 0.5) is 4.39 Å². The van der Waals surface area contributed by atoms with Gasteiger partial charge in [-0.3, -0.25) is 0 Å². The zero-order valence-electron chi connectivity index (χ0n) is 10.1. The third kappa shape index (κ3) is 3.59. The van der Waals surface area contributed by atoms with Crippen molar-refractivity contribution >= 4 is 11.8 Å². The number of hydrogen-bond acceptors (Lipinski definition) is 2. The second-order valence-electron chi connectivity index (χ2n) is 4.19. The highest BCUT2D eigenvalue weighted by Gasteiger charge is 2.08. The summed E-state index contributed by atoms with van der Waals surface area (Å²) in [5, 5.41) is 10.0. The van der Waals surface area contributed by atoms with Crippen molar-refractivity contribution in [2.45, 2.75) is 17.9 Å². The third-order valence-corrected chi connectivity index (χ3v) is 3.74. The number of halogens is 1. The highest BCUT2D eigenvalue weighted by molar-refractivity contribution is 7.99. The second kappa shape index (κ2) is 6.03. The molecule has 2 rings (SSSR count). The Morgan fingerprint density at radius 3 is 2.56 bits per heavy atom. The standard InChI is InChI=1S/C15H15FOS/c1-11-5-7-12(8-6-11)15(17)10-18-14-4-2-3-13(16)9-14/h2-9,15,17H,10H2,1H3. The zero-order valence-corrected chi connectivity index (χ0v) is 11.0. The molecule has 0 aliphatic carbocycles. The van der Waals surface area contributed by atoms with Crippen LogP contribution in [0.25, 0.3) is 0 Å². The van der Waals surface area contributed by atoms with Crippen LogP contribution in [0, 0.1) is 12.7 Å². The number of aliphatic hydroxyl groups is 1. The zero-order chi connectivity index (χ0) is 13.0. The van der Waals surface area contributed by atoms with E-state index in [-0.39, 0.29) is 5.82 Å². The summed E-state index contributed by atoms with van der Waals surface area (Å²) in [6.07, 6.45) is -0.529. The molecule has 0 fully saturated rings. The number of hydrogen-bond donors (Lipinski definition) is 1. The summed E-state index contributed by atoms with van der Waals surface area (Å²) in [4.78, 5) is 0.834. The van der Waals surface area contributed by atoms with E-state index in [0.29, 0.717) is 5.75 Å². The van der Waals surface area contributed by atoms with Gasteiger partial charge in [-0.15, -0.1) is 11.8 Å². The highest BCUT2D eigenvalue weighted by atomic mass is 32.2. The van der Waals surface area contributed by atoms with E-state index in [0.717, 1.165) is 10.5 Å². The molecular formula is C15H15FOS. The largest absolute Gasteiger partial charge is 0.388 e. The van der Waals surface area contributed by atoms with Crippen molar-refractivity contribution < 1.29 is 9.50 Å². The average molecular weight is 262 g/mol. The van der Waals surface area contributed by atoms with E-state index < -0.39 is 6.10 Å². The van der Waals surface area contributed by atoms with Crippen molar-refractivity contribution in [3.05, 3.63) is 65.5 Å². The van der Waals surface area contributed by atoms with E-state index in [1.54, 1.807) is 6.07 Å². The van der Waals surface area contributed by atoms with Crippen molar-refractivity contribution in [1.82, 2.24) is 0 Å². The number of thioether (sulfide) groups is 1. The van der Waals surface area contributed by atoms with Crippen LogP contribution in [0.15, 0.2) is 53.4 Å². The molecule has 0 spiro atoms. The molecule has 3 heteroatoms. The van der Waals surface area contributed by atoms with Crippen LogP contribution in [0.3, 0.4) is 0 Å². The lowest BCUT2D eigenvalue weighted by molar-refractivity contribution is 0.204. The minimum Gasteiger partial charge on any atom is -0.388 e. The maximum atomic E-state index is 13.0. The molecule has 0 bridgehead atoms. The van der Waals surface area contributed by atoms with Gasteiger partial charge in [-0.1, -0.05) is 35.9 Å². The molecule has 1 N–H and O–H groups in total. The molecule has 1 atom stereocenters. The molecule has 0 aromatic heterocycles. The predicted molar refractivity (Wildman–Crippen MR) is 73.3 cm³/mol. The Morgan fingerprint density at radius 1 is 1.17 bits per heavy atom. The van der Waals surface area contributed by atoms with Gasteiger partial charge in [0.15, 0.2) is 0 Å². The molecule has 0 saturated heterocycles.